The molecule has 182 valence electrons. The monoisotopic (exact) mass is 576 g/mol. The zero-order chi connectivity index (χ0) is 24.3. The van der Waals surface area contributed by atoms with Gasteiger partial charge in [0.15, 0.2) is 0 Å². The number of nitrogens with one attached hydrogen (secondary N) is 1. The Morgan fingerprint density at radius 2 is 1.97 bits per heavy atom. The third-order valence-corrected chi connectivity index (χ3v) is 8.23. The van der Waals surface area contributed by atoms with Crippen LogP contribution >= 0.6 is 27.5 Å². The molecule has 0 unspecified atom stereocenters. The highest BCUT2D eigenvalue weighted by Gasteiger charge is 2.38. The number of hydrogen-bond acceptors (Lipinski definition) is 7. The van der Waals surface area contributed by atoms with Crippen molar-refractivity contribution in [3.05, 3.63) is 70.5 Å². The van der Waals surface area contributed by atoms with Gasteiger partial charge in [-0.3, -0.25) is 14.4 Å². The lowest BCUT2D eigenvalue weighted by Gasteiger charge is -2.40. The van der Waals surface area contributed by atoms with Gasteiger partial charge in [0.05, 0.1) is 11.0 Å². The molecule has 2 atom stereocenters. The molecule has 0 saturated carbocycles. The van der Waals surface area contributed by atoms with Gasteiger partial charge in [0.2, 0.25) is 5.13 Å². The van der Waals surface area contributed by atoms with E-state index < -0.39 is 22.5 Å². The van der Waals surface area contributed by atoms with Crippen LogP contribution in [0.15, 0.2) is 64.2 Å². The summed E-state index contributed by atoms with van der Waals surface area (Å²) in [6.45, 7) is 0.814. The van der Waals surface area contributed by atoms with Crippen molar-refractivity contribution >= 4 is 42.6 Å². The quantitative estimate of drug-likeness (QED) is 0.408. The molecule has 2 heterocycles. The predicted octanol–water partition coefficient (Wildman–Crippen LogP) is 5.34. The topological polar surface area (TPSA) is 84.4 Å². The second-order valence-electron chi connectivity index (χ2n) is 7.71. The Morgan fingerprint density at radius 3 is 2.62 bits per heavy atom. The number of sulfonamides is 1. The fraction of sp³-hybridized carbons (Fsp3) is 0.333. The van der Waals surface area contributed by atoms with Crippen LogP contribution in [-0.4, -0.2) is 41.7 Å². The van der Waals surface area contributed by atoms with Gasteiger partial charge in [0.1, 0.15) is 6.33 Å². The van der Waals surface area contributed by atoms with Crippen LogP contribution in [0.2, 0.25) is 0 Å². The van der Waals surface area contributed by atoms with E-state index in [1.807, 2.05) is 30.3 Å². The van der Waals surface area contributed by atoms with Crippen LogP contribution in [-0.2, 0) is 21.3 Å². The SMILES string of the molecule is O=S(=O)(Nc1ncns1)c1ccc(CN2CC[C@@H](OC(F)(F)F)C[C@H]2c2ccccc2)c(Br)c1. The zero-order valence-corrected chi connectivity index (χ0v) is 20.8. The first-order valence-electron chi connectivity index (χ1n) is 10.2. The second kappa shape index (κ2) is 10.3. The van der Waals surface area contributed by atoms with E-state index in [9.17, 15) is 21.6 Å². The van der Waals surface area contributed by atoms with Crippen molar-refractivity contribution in [2.24, 2.45) is 0 Å². The van der Waals surface area contributed by atoms with E-state index in [0.717, 1.165) is 22.7 Å². The fourth-order valence-electron chi connectivity index (χ4n) is 3.92. The van der Waals surface area contributed by atoms with Crippen molar-refractivity contribution in [2.75, 3.05) is 11.3 Å². The number of halogens is 4. The Balaban J connectivity index is 1.53. The summed E-state index contributed by atoms with van der Waals surface area (Å²) in [7, 11) is -3.84. The smallest absolute Gasteiger partial charge is 0.292 e. The van der Waals surface area contributed by atoms with Gasteiger partial charge in [-0.2, -0.15) is 4.37 Å². The molecule has 1 aliphatic rings. The van der Waals surface area contributed by atoms with Crippen molar-refractivity contribution in [1.29, 1.82) is 0 Å². The largest absolute Gasteiger partial charge is 0.522 e. The van der Waals surface area contributed by atoms with Crippen LogP contribution in [0.25, 0.3) is 0 Å². The van der Waals surface area contributed by atoms with E-state index in [-0.39, 0.29) is 28.9 Å². The number of piperidine rings is 1. The number of benzene rings is 2. The molecule has 13 heteroatoms. The lowest BCUT2D eigenvalue weighted by Crippen LogP contribution is -2.41. The molecule has 4 rings (SSSR count). The maximum absolute atomic E-state index is 12.8. The van der Waals surface area contributed by atoms with Crippen LogP contribution in [0, 0.1) is 0 Å². The molecular formula is C21H20BrF3N4O3S2. The standard InChI is InChI=1S/C21H20BrF3N4O3S2/c22-18-11-17(34(30,31)28-20-26-13-27-33-20)7-6-15(18)12-29-9-8-16(32-21(23,24)25)10-19(29)14-4-2-1-3-5-14/h1-7,11,13,16,19H,8-10,12H2,(H,26,27,28)/t16-,19+/m1/s1. The summed E-state index contributed by atoms with van der Waals surface area (Å²) in [6.07, 6.45) is -3.92. The second-order valence-corrected chi connectivity index (χ2v) is 11.0. The lowest BCUT2D eigenvalue weighted by molar-refractivity contribution is -0.347. The van der Waals surface area contributed by atoms with Gasteiger partial charge in [0, 0.05) is 35.1 Å². The molecule has 2 aromatic carbocycles. The number of ether oxygens (including phenoxy) is 1. The van der Waals surface area contributed by atoms with Crippen molar-refractivity contribution < 1.29 is 26.3 Å². The van der Waals surface area contributed by atoms with Crippen LogP contribution in [0.4, 0.5) is 18.3 Å². The Hall–Kier alpha value is -2.06. The summed E-state index contributed by atoms with van der Waals surface area (Å²) in [5.74, 6) is 0. The van der Waals surface area contributed by atoms with Gasteiger partial charge in [-0.15, -0.1) is 13.2 Å². The van der Waals surface area contributed by atoms with Gasteiger partial charge in [-0.1, -0.05) is 52.3 Å². The van der Waals surface area contributed by atoms with E-state index in [1.165, 1.54) is 18.5 Å². The van der Waals surface area contributed by atoms with Gasteiger partial charge in [-0.05, 0) is 36.1 Å². The summed E-state index contributed by atoms with van der Waals surface area (Å²) in [6, 6.07) is 13.7. The predicted molar refractivity (Wildman–Crippen MR) is 125 cm³/mol. The van der Waals surface area contributed by atoms with Gasteiger partial charge in [0.25, 0.3) is 10.0 Å². The molecule has 0 spiro atoms. The van der Waals surface area contributed by atoms with Crippen LogP contribution in [0.3, 0.4) is 0 Å². The van der Waals surface area contributed by atoms with E-state index >= 15 is 0 Å². The average molecular weight is 577 g/mol. The van der Waals surface area contributed by atoms with Crippen molar-refractivity contribution in [1.82, 2.24) is 14.3 Å². The maximum Gasteiger partial charge on any atom is 0.522 e. The van der Waals surface area contributed by atoms with Crippen molar-refractivity contribution in [3.63, 3.8) is 0 Å². The number of likely N-dealkylation sites (tertiary alicyclic amines) is 1. The fourth-order valence-corrected chi connectivity index (χ4v) is 6.27. The number of alkyl halides is 3. The Morgan fingerprint density at radius 1 is 1.21 bits per heavy atom. The van der Waals surface area contributed by atoms with Crippen LogP contribution in [0.5, 0.6) is 0 Å². The Labute approximate surface area is 207 Å². The summed E-state index contributed by atoms with van der Waals surface area (Å²) >= 11 is 4.38. The third kappa shape index (κ3) is 6.33. The number of anilines is 1. The molecule has 0 bridgehead atoms. The summed E-state index contributed by atoms with van der Waals surface area (Å²) in [5, 5.41) is 0.162. The number of rotatable bonds is 7. The van der Waals surface area contributed by atoms with Gasteiger partial charge >= 0.3 is 6.36 Å². The average Bonchev–Trinajstić information content (AvgIpc) is 3.28. The highest BCUT2D eigenvalue weighted by Crippen LogP contribution is 2.37. The molecule has 0 radical (unpaired) electrons. The molecule has 34 heavy (non-hydrogen) atoms. The highest BCUT2D eigenvalue weighted by atomic mass is 79.9. The molecule has 3 aromatic rings. The molecule has 1 saturated heterocycles. The van der Waals surface area contributed by atoms with Crippen molar-refractivity contribution in [3.8, 4) is 0 Å². The van der Waals surface area contributed by atoms with Gasteiger partial charge in [-0.25, -0.2) is 13.4 Å². The molecule has 1 aromatic heterocycles. The Kier molecular flexibility index (Phi) is 7.57. The maximum atomic E-state index is 12.8. The normalized spacial score (nSPS) is 19.8. The molecular weight excluding hydrogens is 557 g/mol. The highest BCUT2D eigenvalue weighted by molar-refractivity contribution is 9.10. The molecule has 1 fully saturated rings. The summed E-state index contributed by atoms with van der Waals surface area (Å²) < 4.78 is 74.8. The van der Waals surface area contributed by atoms with Crippen molar-refractivity contribution in [2.45, 2.75) is 42.8 Å². The first-order chi connectivity index (χ1) is 16.1. The first-order valence-corrected chi connectivity index (χ1v) is 13.3. The minimum Gasteiger partial charge on any atom is -0.292 e. The van der Waals surface area contributed by atoms with E-state index in [0.29, 0.717) is 17.6 Å². The molecule has 1 N–H and O–H groups in total. The minimum absolute atomic E-state index is 0.0511. The number of hydrogen-bond donors (Lipinski definition) is 1. The minimum atomic E-state index is -4.68. The molecule has 7 nitrogen and oxygen atoms in total. The summed E-state index contributed by atoms with van der Waals surface area (Å²) in [5.41, 5.74) is 1.71. The first kappa shape index (κ1) is 25.0. The molecule has 0 aliphatic carbocycles. The van der Waals surface area contributed by atoms with E-state index in [2.05, 4.69) is 39.6 Å². The van der Waals surface area contributed by atoms with Crippen LogP contribution < -0.4 is 4.72 Å². The van der Waals surface area contributed by atoms with E-state index in [4.69, 9.17) is 0 Å². The number of aromatic nitrogens is 2. The zero-order valence-electron chi connectivity index (χ0n) is 17.6. The lowest BCUT2D eigenvalue weighted by atomic mass is 9.92. The third-order valence-electron chi connectivity index (χ3n) is 5.44. The van der Waals surface area contributed by atoms with Crippen LogP contribution in [0.1, 0.15) is 30.0 Å². The molecule has 1 aliphatic heterocycles. The summed E-state index contributed by atoms with van der Waals surface area (Å²) in [4.78, 5) is 5.96. The number of nitrogens with zero attached hydrogens (tertiary/aromatic N) is 3. The van der Waals surface area contributed by atoms with E-state index in [1.54, 1.807) is 6.07 Å². The van der Waals surface area contributed by atoms with Gasteiger partial charge < -0.3 is 0 Å². The Bertz CT molecular complexity index is 1210. The molecule has 0 amide bonds.